The third-order valence-corrected chi connectivity index (χ3v) is 13.5. The number of hydrogen-bond donors (Lipinski definition) is 3. The van der Waals surface area contributed by atoms with Gasteiger partial charge in [-0.25, -0.2) is 0 Å². The molecular formula is C30H48O4. The SMILES string of the molecule is C[C@@H]1CC[C@]2(C(=O)O)CC[C@]3(C)C(=CC[C@H]4[C@@]5(C)CC[C@H](O)C(C)(C)[C@@H]5CC[C@]43C)[C@H]2[C@]1(C)O. The molecule has 0 aromatic carbocycles. The van der Waals surface area contributed by atoms with E-state index in [0.29, 0.717) is 24.7 Å². The van der Waals surface area contributed by atoms with Crippen LogP contribution in [0, 0.1) is 50.7 Å². The number of carboxylic acid groups (broad SMARTS) is 1. The van der Waals surface area contributed by atoms with Gasteiger partial charge >= 0.3 is 5.97 Å². The number of rotatable bonds is 1. The minimum Gasteiger partial charge on any atom is -0.481 e. The predicted molar refractivity (Wildman–Crippen MR) is 134 cm³/mol. The summed E-state index contributed by atoms with van der Waals surface area (Å²) in [5.74, 6) is 0.0848. The molecule has 5 rings (SSSR count). The lowest BCUT2D eigenvalue weighted by atomic mass is 9.33. The van der Waals surface area contributed by atoms with Crippen molar-refractivity contribution in [1.82, 2.24) is 0 Å². The summed E-state index contributed by atoms with van der Waals surface area (Å²) in [6.07, 6.45) is 10.3. The Balaban J connectivity index is 1.64. The molecule has 0 aromatic rings. The minimum absolute atomic E-state index is 0.0716. The van der Waals surface area contributed by atoms with Crippen LogP contribution in [-0.4, -0.2) is 33.0 Å². The summed E-state index contributed by atoms with van der Waals surface area (Å²) in [7, 11) is 0. The molecule has 4 heteroatoms. The minimum atomic E-state index is -1.01. The molecule has 0 bridgehead atoms. The van der Waals surface area contributed by atoms with Crippen molar-refractivity contribution in [1.29, 1.82) is 0 Å². The van der Waals surface area contributed by atoms with Crippen molar-refractivity contribution in [3.8, 4) is 0 Å². The van der Waals surface area contributed by atoms with Gasteiger partial charge in [-0.15, -0.1) is 0 Å². The van der Waals surface area contributed by atoms with Gasteiger partial charge in [0.05, 0.1) is 17.1 Å². The number of fused-ring (bicyclic) bond motifs is 7. The van der Waals surface area contributed by atoms with Crippen molar-refractivity contribution in [2.75, 3.05) is 0 Å². The number of aliphatic carboxylic acids is 1. The molecule has 0 spiro atoms. The molecule has 4 nitrogen and oxygen atoms in total. The summed E-state index contributed by atoms with van der Waals surface area (Å²) in [5.41, 5.74) is -0.532. The highest BCUT2D eigenvalue weighted by Gasteiger charge is 2.71. The molecule has 10 atom stereocenters. The second-order valence-electron chi connectivity index (χ2n) is 14.7. The molecule has 4 fully saturated rings. The number of carbonyl (C=O) groups is 1. The number of hydrogen-bond acceptors (Lipinski definition) is 3. The van der Waals surface area contributed by atoms with E-state index < -0.39 is 17.0 Å². The van der Waals surface area contributed by atoms with Gasteiger partial charge in [0.15, 0.2) is 0 Å². The largest absolute Gasteiger partial charge is 0.481 e. The lowest BCUT2D eigenvalue weighted by molar-refractivity contribution is -0.217. The molecule has 0 amide bonds. The molecule has 4 saturated carbocycles. The van der Waals surface area contributed by atoms with Crippen LogP contribution in [-0.2, 0) is 4.79 Å². The first-order valence-corrected chi connectivity index (χ1v) is 13.9. The topological polar surface area (TPSA) is 77.8 Å². The third kappa shape index (κ3) is 2.71. The Morgan fingerprint density at radius 2 is 1.59 bits per heavy atom. The molecule has 0 heterocycles. The van der Waals surface area contributed by atoms with E-state index in [4.69, 9.17) is 0 Å². The van der Waals surface area contributed by atoms with Gasteiger partial charge in [-0.05, 0) is 104 Å². The van der Waals surface area contributed by atoms with Gasteiger partial charge in [-0.2, -0.15) is 0 Å². The fraction of sp³-hybridized carbons (Fsp3) is 0.900. The molecule has 34 heavy (non-hydrogen) atoms. The van der Waals surface area contributed by atoms with E-state index >= 15 is 0 Å². The Labute approximate surface area is 206 Å². The molecule has 0 aromatic heterocycles. The number of allylic oxidation sites excluding steroid dienone is 1. The van der Waals surface area contributed by atoms with Gasteiger partial charge in [0.1, 0.15) is 0 Å². The van der Waals surface area contributed by atoms with Gasteiger partial charge in [-0.1, -0.05) is 53.2 Å². The van der Waals surface area contributed by atoms with E-state index in [1.54, 1.807) is 0 Å². The highest BCUT2D eigenvalue weighted by Crippen LogP contribution is 2.76. The van der Waals surface area contributed by atoms with Crippen molar-refractivity contribution < 1.29 is 20.1 Å². The Morgan fingerprint density at radius 1 is 0.912 bits per heavy atom. The van der Waals surface area contributed by atoms with Crippen LogP contribution >= 0.6 is 0 Å². The van der Waals surface area contributed by atoms with Gasteiger partial charge in [0.2, 0.25) is 0 Å². The summed E-state index contributed by atoms with van der Waals surface area (Å²) in [6, 6.07) is 0. The van der Waals surface area contributed by atoms with Crippen LogP contribution < -0.4 is 0 Å². The molecule has 0 radical (unpaired) electrons. The van der Waals surface area contributed by atoms with Crippen molar-refractivity contribution in [3.63, 3.8) is 0 Å². The quantitative estimate of drug-likeness (QED) is 0.397. The van der Waals surface area contributed by atoms with Gasteiger partial charge in [0, 0.05) is 5.92 Å². The second kappa shape index (κ2) is 7.12. The van der Waals surface area contributed by atoms with Crippen LogP contribution in [0.1, 0.15) is 106 Å². The first-order chi connectivity index (χ1) is 15.6. The van der Waals surface area contributed by atoms with E-state index in [9.17, 15) is 20.1 Å². The Hall–Kier alpha value is -0.870. The predicted octanol–water partition coefficient (Wildman–Crippen LogP) is 6.20. The lowest BCUT2D eigenvalue weighted by Gasteiger charge is -2.71. The van der Waals surface area contributed by atoms with Gasteiger partial charge in [-0.3, -0.25) is 4.79 Å². The van der Waals surface area contributed by atoms with Gasteiger partial charge < -0.3 is 15.3 Å². The molecule has 5 aliphatic carbocycles. The molecular weight excluding hydrogens is 424 g/mol. The number of aliphatic hydroxyl groups excluding tert-OH is 1. The zero-order chi connectivity index (χ0) is 25.1. The summed E-state index contributed by atoms with van der Waals surface area (Å²) < 4.78 is 0. The lowest BCUT2D eigenvalue weighted by Crippen LogP contribution is -2.67. The van der Waals surface area contributed by atoms with Gasteiger partial charge in [0.25, 0.3) is 0 Å². The summed E-state index contributed by atoms with van der Waals surface area (Å²) >= 11 is 0. The zero-order valence-corrected chi connectivity index (χ0v) is 22.6. The Kier molecular flexibility index (Phi) is 5.20. The van der Waals surface area contributed by atoms with E-state index in [1.807, 2.05) is 6.92 Å². The zero-order valence-electron chi connectivity index (χ0n) is 22.6. The van der Waals surface area contributed by atoms with E-state index in [0.717, 1.165) is 44.9 Å². The standard InChI is InChI=1S/C30H48O4/c1-18-10-15-30(24(32)33)17-16-27(5)19(23(30)29(18,7)34)8-9-21-26(4)13-12-22(31)25(2,3)20(26)11-14-28(21,27)6/h8,18,20-23,31,34H,9-17H2,1-7H3,(H,32,33)/t18-,20+,21+,22+,23+,26+,27-,28-,29-,30+/m1/s1. The Morgan fingerprint density at radius 3 is 2.24 bits per heavy atom. The molecule has 192 valence electrons. The summed E-state index contributed by atoms with van der Waals surface area (Å²) in [4.78, 5) is 12.8. The monoisotopic (exact) mass is 472 g/mol. The van der Waals surface area contributed by atoms with Crippen LogP contribution in [0.4, 0.5) is 0 Å². The van der Waals surface area contributed by atoms with E-state index in [1.165, 1.54) is 5.57 Å². The maximum absolute atomic E-state index is 12.8. The third-order valence-electron chi connectivity index (χ3n) is 13.5. The Bertz CT molecular complexity index is 919. The average molecular weight is 473 g/mol. The first kappa shape index (κ1) is 24.8. The molecule has 0 saturated heterocycles. The number of carboxylic acids is 1. The van der Waals surface area contributed by atoms with E-state index in [2.05, 4.69) is 47.6 Å². The number of aliphatic hydroxyl groups is 2. The van der Waals surface area contributed by atoms with Crippen molar-refractivity contribution >= 4 is 5.97 Å². The normalized spacial score (nSPS) is 56.3. The van der Waals surface area contributed by atoms with Crippen LogP contribution in [0.15, 0.2) is 11.6 Å². The molecule has 0 unspecified atom stereocenters. The molecule has 3 N–H and O–H groups in total. The summed E-state index contributed by atoms with van der Waals surface area (Å²) in [5, 5.41) is 33.3. The smallest absolute Gasteiger partial charge is 0.310 e. The first-order valence-electron chi connectivity index (χ1n) is 13.9. The van der Waals surface area contributed by atoms with Crippen LogP contribution in [0.2, 0.25) is 0 Å². The van der Waals surface area contributed by atoms with Crippen LogP contribution in [0.3, 0.4) is 0 Å². The fourth-order valence-electron chi connectivity index (χ4n) is 10.8. The van der Waals surface area contributed by atoms with E-state index in [-0.39, 0.29) is 39.6 Å². The average Bonchev–Trinajstić information content (AvgIpc) is 2.74. The van der Waals surface area contributed by atoms with Crippen molar-refractivity contribution in [2.45, 2.75) is 118 Å². The summed E-state index contributed by atoms with van der Waals surface area (Å²) in [6.45, 7) is 16.0. The van der Waals surface area contributed by atoms with Crippen LogP contribution in [0.25, 0.3) is 0 Å². The highest BCUT2D eigenvalue weighted by molar-refractivity contribution is 5.77. The highest BCUT2D eigenvalue weighted by atomic mass is 16.4. The maximum atomic E-state index is 12.8. The second-order valence-corrected chi connectivity index (χ2v) is 14.7. The molecule has 0 aliphatic heterocycles. The molecule has 5 aliphatic rings. The maximum Gasteiger partial charge on any atom is 0.310 e. The van der Waals surface area contributed by atoms with Crippen molar-refractivity contribution in [3.05, 3.63) is 11.6 Å². The van der Waals surface area contributed by atoms with Crippen molar-refractivity contribution in [2.24, 2.45) is 50.7 Å². The van der Waals surface area contributed by atoms with Crippen LogP contribution in [0.5, 0.6) is 0 Å². The fourth-order valence-corrected chi connectivity index (χ4v) is 10.8.